The summed E-state index contributed by atoms with van der Waals surface area (Å²) >= 11 is 0. The average Bonchev–Trinajstić information content (AvgIpc) is 2.46. The molecule has 0 radical (unpaired) electrons. The zero-order chi connectivity index (χ0) is 11.4. The van der Waals surface area contributed by atoms with E-state index in [1.54, 1.807) is 0 Å². The minimum atomic E-state index is 0.576. The second kappa shape index (κ2) is 5.34. The molecule has 0 spiro atoms. The molecule has 0 atom stereocenters. The van der Waals surface area contributed by atoms with Gasteiger partial charge in [-0.05, 0) is 37.2 Å². The smallest absolute Gasteiger partial charge is 0.0521 e. The first-order chi connectivity index (χ1) is 7.02. The van der Waals surface area contributed by atoms with Gasteiger partial charge < -0.3 is 0 Å². The molecule has 86 valence electrons. The van der Waals surface area contributed by atoms with Gasteiger partial charge in [-0.15, -0.1) is 0 Å². The first-order valence-corrected chi connectivity index (χ1v) is 6.04. The fourth-order valence-corrected chi connectivity index (χ4v) is 2.07. The Morgan fingerprint density at radius 1 is 1.27 bits per heavy atom. The van der Waals surface area contributed by atoms with Crippen molar-refractivity contribution in [3.8, 4) is 0 Å². The maximum Gasteiger partial charge on any atom is 0.0521 e. The summed E-state index contributed by atoms with van der Waals surface area (Å²) in [5.41, 5.74) is 2.73. The van der Waals surface area contributed by atoms with E-state index < -0.39 is 0 Å². The van der Waals surface area contributed by atoms with E-state index in [-0.39, 0.29) is 0 Å². The average molecular weight is 208 g/mol. The second-order valence-corrected chi connectivity index (χ2v) is 5.13. The van der Waals surface area contributed by atoms with Crippen LogP contribution in [0.1, 0.15) is 57.7 Å². The zero-order valence-electron chi connectivity index (χ0n) is 10.7. The fraction of sp³-hybridized carbons (Fsp3) is 0.769. The maximum atomic E-state index is 4.45. The molecule has 0 N–H and O–H groups in total. The topological polar surface area (TPSA) is 17.8 Å². The van der Waals surface area contributed by atoms with Gasteiger partial charge in [-0.2, -0.15) is 5.10 Å². The molecule has 1 rings (SSSR count). The quantitative estimate of drug-likeness (QED) is 0.720. The molecule has 0 aliphatic carbocycles. The molecule has 0 aliphatic rings. The summed E-state index contributed by atoms with van der Waals surface area (Å²) in [4.78, 5) is 0. The van der Waals surface area contributed by atoms with Gasteiger partial charge in [0.1, 0.15) is 0 Å². The molecule has 1 heterocycles. The van der Waals surface area contributed by atoms with Crippen molar-refractivity contribution in [2.45, 2.75) is 59.9 Å². The molecule has 0 unspecified atom stereocenters. The van der Waals surface area contributed by atoms with E-state index >= 15 is 0 Å². The van der Waals surface area contributed by atoms with E-state index in [4.69, 9.17) is 0 Å². The van der Waals surface area contributed by atoms with Crippen LogP contribution in [-0.4, -0.2) is 9.78 Å². The van der Waals surface area contributed by atoms with Crippen molar-refractivity contribution >= 4 is 0 Å². The van der Waals surface area contributed by atoms with Crippen LogP contribution in [0.3, 0.4) is 0 Å². The Bertz CT molecular complexity index is 297. The lowest BCUT2D eigenvalue weighted by Crippen LogP contribution is -2.08. The Hall–Kier alpha value is -0.790. The van der Waals surface area contributed by atoms with E-state index in [0.29, 0.717) is 5.92 Å². The van der Waals surface area contributed by atoms with E-state index in [1.165, 1.54) is 24.1 Å². The second-order valence-electron chi connectivity index (χ2n) is 5.13. The molecule has 0 saturated carbocycles. The van der Waals surface area contributed by atoms with Crippen LogP contribution in [0.5, 0.6) is 0 Å². The normalized spacial score (nSPS) is 11.7. The SMILES string of the molecule is Cc1cnn(CCCC(C)C)c1C(C)C. The Kier molecular flexibility index (Phi) is 4.37. The van der Waals surface area contributed by atoms with Gasteiger partial charge in [0.15, 0.2) is 0 Å². The number of nitrogens with zero attached hydrogens (tertiary/aromatic N) is 2. The summed E-state index contributed by atoms with van der Waals surface area (Å²) < 4.78 is 2.18. The van der Waals surface area contributed by atoms with Crippen LogP contribution >= 0.6 is 0 Å². The molecule has 1 aromatic rings. The molecule has 2 nitrogen and oxygen atoms in total. The lowest BCUT2D eigenvalue weighted by Gasteiger charge is -2.12. The highest BCUT2D eigenvalue weighted by Crippen LogP contribution is 2.19. The molecule has 0 amide bonds. The van der Waals surface area contributed by atoms with Gasteiger partial charge in [-0.3, -0.25) is 4.68 Å². The minimum absolute atomic E-state index is 0.576. The van der Waals surface area contributed by atoms with Gasteiger partial charge in [0.25, 0.3) is 0 Å². The summed E-state index contributed by atoms with van der Waals surface area (Å²) in [6, 6.07) is 0. The Morgan fingerprint density at radius 2 is 1.93 bits per heavy atom. The third kappa shape index (κ3) is 3.37. The molecule has 15 heavy (non-hydrogen) atoms. The Labute approximate surface area is 93.7 Å². The first-order valence-electron chi connectivity index (χ1n) is 6.04. The van der Waals surface area contributed by atoms with Gasteiger partial charge in [-0.25, -0.2) is 0 Å². The van der Waals surface area contributed by atoms with Crippen LogP contribution in [-0.2, 0) is 6.54 Å². The minimum Gasteiger partial charge on any atom is -0.269 e. The predicted octanol–water partition coefficient (Wildman–Crippen LogP) is 3.75. The van der Waals surface area contributed by atoms with E-state index in [1.807, 2.05) is 6.20 Å². The van der Waals surface area contributed by atoms with Crippen LogP contribution in [0.4, 0.5) is 0 Å². The number of aryl methyl sites for hydroxylation is 2. The van der Waals surface area contributed by atoms with Gasteiger partial charge in [0, 0.05) is 12.2 Å². The Morgan fingerprint density at radius 3 is 2.47 bits per heavy atom. The summed E-state index contributed by atoms with van der Waals surface area (Å²) in [6.07, 6.45) is 4.51. The standard InChI is InChI=1S/C13H24N2/c1-10(2)7-6-8-15-13(11(3)4)12(5)9-14-15/h9-11H,6-8H2,1-5H3. The zero-order valence-corrected chi connectivity index (χ0v) is 10.7. The van der Waals surface area contributed by atoms with Gasteiger partial charge in [0.05, 0.1) is 6.20 Å². The monoisotopic (exact) mass is 208 g/mol. The molecular weight excluding hydrogens is 184 g/mol. The highest BCUT2D eigenvalue weighted by atomic mass is 15.3. The number of hydrogen-bond acceptors (Lipinski definition) is 1. The molecular formula is C13H24N2. The third-order valence-corrected chi connectivity index (χ3v) is 2.77. The van der Waals surface area contributed by atoms with Crippen molar-refractivity contribution in [3.05, 3.63) is 17.5 Å². The largest absolute Gasteiger partial charge is 0.269 e. The van der Waals surface area contributed by atoms with Crippen LogP contribution in [0.15, 0.2) is 6.20 Å². The van der Waals surface area contributed by atoms with Crippen molar-refractivity contribution in [1.82, 2.24) is 9.78 Å². The third-order valence-electron chi connectivity index (χ3n) is 2.77. The molecule has 0 aromatic carbocycles. The molecule has 0 aliphatic heterocycles. The summed E-state index contributed by atoms with van der Waals surface area (Å²) in [5, 5.41) is 4.45. The van der Waals surface area contributed by atoms with Gasteiger partial charge in [-0.1, -0.05) is 27.7 Å². The lowest BCUT2D eigenvalue weighted by molar-refractivity contribution is 0.474. The Balaban J connectivity index is 2.61. The molecule has 0 fully saturated rings. The van der Waals surface area contributed by atoms with Crippen LogP contribution in [0.2, 0.25) is 0 Å². The van der Waals surface area contributed by atoms with Crippen molar-refractivity contribution < 1.29 is 0 Å². The predicted molar refractivity (Wildman–Crippen MR) is 65.1 cm³/mol. The van der Waals surface area contributed by atoms with E-state index in [9.17, 15) is 0 Å². The van der Waals surface area contributed by atoms with Crippen molar-refractivity contribution in [3.63, 3.8) is 0 Å². The van der Waals surface area contributed by atoms with Crippen molar-refractivity contribution in [2.75, 3.05) is 0 Å². The number of hydrogen-bond donors (Lipinski definition) is 0. The van der Waals surface area contributed by atoms with Gasteiger partial charge >= 0.3 is 0 Å². The van der Waals surface area contributed by atoms with E-state index in [2.05, 4.69) is 44.4 Å². The first kappa shape index (κ1) is 12.3. The van der Waals surface area contributed by atoms with Crippen LogP contribution < -0.4 is 0 Å². The van der Waals surface area contributed by atoms with E-state index in [0.717, 1.165) is 12.5 Å². The highest BCUT2D eigenvalue weighted by Gasteiger charge is 2.10. The van der Waals surface area contributed by atoms with Crippen molar-refractivity contribution in [2.24, 2.45) is 5.92 Å². The summed E-state index contributed by atoms with van der Waals surface area (Å²) in [5.74, 6) is 1.37. The molecule has 0 saturated heterocycles. The van der Waals surface area contributed by atoms with Crippen LogP contribution in [0, 0.1) is 12.8 Å². The number of aromatic nitrogens is 2. The molecule has 0 bridgehead atoms. The summed E-state index contributed by atoms with van der Waals surface area (Å²) in [6.45, 7) is 12.3. The molecule has 2 heteroatoms. The maximum absolute atomic E-state index is 4.45. The lowest BCUT2D eigenvalue weighted by atomic mass is 10.1. The fourth-order valence-electron chi connectivity index (χ4n) is 2.07. The highest BCUT2D eigenvalue weighted by molar-refractivity contribution is 5.18. The summed E-state index contributed by atoms with van der Waals surface area (Å²) in [7, 11) is 0. The number of rotatable bonds is 5. The van der Waals surface area contributed by atoms with Gasteiger partial charge in [0.2, 0.25) is 0 Å². The molecule has 1 aromatic heterocycles. The van der Waals surface area contributed by atoms with Crippen LogP contribution in [0.25, 0.3) is 0 Å². The van der Waals surface area contributed by atoms with Crippen molar-refractivity contribution in [1.29, 1.82) is 0 Å².